The lowest BCUT2D eigenvalue weighted by molar-refractivity contribution is 0.0932. The van der Waals surface area contributed by atoms with Crippen LogP contribution in [0, 0.1) is 5.82 Å². The van der Waals surface area contributed by atoms with Crippen molar-refractivity contribution in [1.82, 2.24) is 15.3 Å². The highest BCUT2D eigenvalue weighted by Gasteiger charge is 2.26. The third kappa shape index (κ3) is 2.48. The van der Waals surface area contributed by atoms with E-state index in [1.54, 1.807) is 36.7 Å². The number of halogens is 1. The second-order valence-electron chi connectivity index (χ2n) is 5.86. The summed E-state index contributed by atoms with van der Waals surface area (Å²) in [4.78, 5) is 19.7. The normalized spacial score (nSPS) is 17.0. The Hall–Kier alpha value is -2.69. The lowest BCUT2D eigenvalue weighted by Gasteiger charge is -2.23. The molecule has 0 radical (unpaired) electrons. The van der Waals surface area contributed by atoms with Crippen LogP contribution in [0.5, 0.6) is 0 Å². The maximum atomic E-state index is 13.5. The molecule has 0 saturated heterocycles. The van der Waals surface area contributed by atoms with Crippen molar-refractivity contribution in [3.8, 4) is 0 Å². The smallest absolute Gasteiger partial charge is 0.251 e. The zero-order valence-electron chi connectivity index (χ0n) is 12.5. The Morgan fingerprint density at radius 3 is 2.91 bits per heavy atom. The average molecular weight is 309 g/mol. The van der Waals surface area contributed by atoms with Crippen molar-refractivity contribution >= 4 is 16.8 Å². The highest BCUT2D eigenvalue weighted by Crippen LogP contribution is 2.35. The molecule has 3 aromatic rings. The van der Waals surface area contributed by atoms with E-state index in [9.17, 15) is 9.18 Å². The summed E-state index contributed by atoms with van der Waals surface area (Å²) in [6.45, 7) is 0. The molecule has 1 atom stereocenters. The van der Waals surface area contributed by atoms with E-state index in [4.69, 9.17) is 0 Å². The Labute approximate surface area is 132 Å². The summed E-state index contributed by atoms with van der Waals surface area (Å²) >= 11 is 0. The van der Waals surface area contributed by atoms with Crippen LogP contribution in [-0.2, 0) is 6.42 Å². The van der Waals surface area contributed by atoms with Crippen molar-refractivity contribution in [2.45, 2.75) is 25.3 Å². The molecular formula is C18H16FN3O. The Morgan fingerprint density at radius 2 is 2.09 bits per heavy atom. The first-order chi connectivity index (χ1) is 11.2. The molecule has 1 aliphatic carbocycles. The lowest BCUT2D eigenvalue weighted by Crippen LogP contribution is -2.31. The maximum Gasteiger partial charge on any atom is 0.251 e. The van der Waals surface area contributed by atoms with Gasteiger partial charge in [0, 0.05) is 34.6 Å². The number of hydrogen-bond donors (Lipinski definition) is 2. The number of nitrogens with one attached hydrogen (secondary N) is 2. The highest BCUT2D eigenvalue weighted by molar-refractivity contribution is 5.94. The predicted molar refractivity (Wildman–Crippen MR) is 85.6 cm³/mol. The van der Waals surface area contributed by atoms with Crippen molar-refractivity contribution in [3.05, 3.63) is 65.4 Å². The molecule has 2 N–H and O–H groups in total. The highest BCUT2D eigenvalue weighted by atomic mass is 19.1. The molecule has 5 heteroatoms. The molecule has 0 bridgehead atoms. The van der Waals surface area contributed by atoms with E-state index in [-0.39, 0.29) is 17.8 Å². The minimum Gasteiger partial charge on any atom is -0.356 e. The Morgan fingerprint density at radius 1 is 1.26 bits per heavy atom. The second-order valence-corrected chi connectivity index (χ2v) is 5.86. The number of fused-ring (bicyclic) bond motifs is 3. The van der Waals surface area contributed by atoms with Crippen LogP contribution in [0.1, 0.15) is 40.5 Å². The molecule has 1 aromatic carbocycles. The Balaban J connectivity index is 1.68. The van der Waals surface area contributed by atoms with Crippen molar-refractivity contribution in [1.29, 1.82) is 0 Å². The van der Waals surface area contributed by atoms with E-state index in [0.717, 1.165) is 41.4 Å². The summed E-state index contributed by atoms with van der Waals surface area (Å²) in [6, 6.07) is 8.09. The zero-order valence-corrected chi connectivity index (χ0v) is 12.5. The van der Waals surface area contributed by atoms with Crippen molar-refractivity contribution < 1.29 is 9.18 Å². The Kier molecular flexibility index (Phi) is 3.33. The van der Waals surface area contributed by atoms with Gasteiger partial charge in [0.15, 0.2) is 0 Å². The minimum absolute atomic E-state index is 0.0742. The van der Waals surface area contributed by atoms with Crippen LogP contribution in [0.4, 0.5) is 4.39 Å². The van der Waals surface area contributed by atoms with Crippen LogP contribution in [0.15, 0.2) is 42.7 Å². The molecule has 1 amide bonds. The van der Waals surface area contributed by atoms with Gasteiger partial charge in [-0.05, 0) is 55.2 Å². The van der Waals surface area contributed by atoms with E-state index in [1.165, 1.54) is 6.07 Å². The van der Waals surface area contributed by atoms with Crippen LogP contribution in [0.25, 0.3) is 10.9 Å². The number of hydrogen-bond acceptors (Lipinski definition) is 2. The number of nitrogens with zero attached hydrogens (tertiary/aromatic N) is 1. The third-order valence-corrected chi connectivity index (χ3v) is 4.42. The van der Waals surface area contributed by atoms with E-state index < -0.39 is 0 Å². The van der Waals surface area contributed by atoms with Gasteiger partial charge in [-0.1, -0.05) is 0 Å². The van der Waals surface area contributed by atoms with Gasteiger partial charge in [-0.2, -0.15) is 0 Å². The fourth-order valence-electron chi connectivity index (χ4n) is 3.32. The van der Waals surface area contributed by atoms with Gasteiger partial charge in [-0.15, -0.1) is 0 Å². The molecule has 0 aliphatic heterocycles. The van der Waals surface area contributed by atoms with Crippen LogP contribution in [0.3, 0.4) is 0 Å². The van der Waals surface area contributed by atoms with Crippen LogP contribution < -0.4 is 5.32 Å². The molecule has 4 rings (SSSR count). The number of benzene rings is 1. The van der Waals surface area contributed by atoms with Crippen LogP contribution >= 0.6 is 0 Å². The molecule has 0 saturated carbocycles. The summed E-state index contributed by atoms with van der Waals surface area (Å²) < 4.78 is 13.5. The maximum absolute atomic E-state index is 13.5. The van der Waals surface area contributed by atoms with Gasteiger partial charge >= 0.3 is 0 Å². The largest absolute Gasteiger partial charge is 0.356 e. The van der Waals surface area contributed by atoms with Crippen LogP contribution in [0.2, 0.25) is 0 Å². The van der Waals surface area contributed by atoms with Gasteiger partial charge in [-0.3, -0.25) is 9.78 Å². The van der Waals surface area contributed by atoms with Crippen molar-refractivity contribution in [2.24, 2.45) is 0 Å². The molecule has 4 nitrogen and oxygen atoms in total. The van der Waals surface area contributed by atoms with Gasteiger partial charge < -0.3 is 10.3 Å². The molecule has 0 fully saturated rings. The molecule has 0 unspecified atom stereocenters. The second kappa shape index (κ2) is 5.50. The van der Waals surface area contributed by atoms with E-state index >= 15 is 0 Å². The van der Waals surface area contributed by atoms with Gasteiger partial charge in [-0.25, -0.2) is 4.39 Å². The molecule has 2 aromatic heterocycles. The summed E-state index contributed by atoms with van der Waals surface area (Å²) in [5.41, 5.74) is 3.63. The summed E-state index contributed by atoms with van der Waals surface area (Å²) in [6.07, 6.45) is 5.96. The van der Waals surface area contributed by atoms with Crippen LogP contribution in [-0.4, -0.2) is 15.9 Å². The van der Waals surface area contributed by atoms with Gasteiger partial charge in [0.1, 0.15) is 5.82 Å². The predicted octanol–water partition coefficient (Wildman–Crippen LogP) is 3.51. The molecule has 0 spiro atoms. The minimum atomic E-state index is -0.234. The number of aromatic amines is 1. The van der Waals surface area contributed by atoms with E-state index in [0.29, 0.717) is 5.56 Å². The fraction of sp³-hybridized carbons (Fsp3) is 0.222. The topological polar surface area (TPSA) is 57.8 Å². The molecule has 2 heterocycles. The number of carbonyl (C=O) groups is 1. The van der Waals surface area contributed by atoms with E-state index in [2.05, 4.69) is 15.3 Å². The van der Waals surface area contributed by atoms with Gasteiger partial charge in [0.05, 0.1) is 6.04 Å². The lowest BCUT2D eigenvalue weighted by atomic mass is 9.91. The monoisotopic (exact) mass is 309 g/mol. The number of amides is 1. The standard InChI is InChI=1S/C18H16FN3O/c19-12-4-5-15-14(10-12)13-2-1-3-16(17(13)21-15)22-18(23)11-6-8-20-9-7-11/h4-10,16,21H,1-3H2,(H,22,23)/t16-/m1/s1. The van der Waals surface area contributed by atoms with Gasteiger partial charge in [0.2, 0.25) is 0 Å². The average Bonchev–Trinajstić information content (AvgIpc) is 2.95. The number of H-pyrrole nitrogens is 1. The first-order valence-corrected chi connectivity index (χ1v) is 7.73. The third-order valence-electron chi connectivity index (χ3n) is 4.42. The number of aryl methyl sites for hydroxylation is 1. The number of rotatable bonds is 2. The molecule has 23 heavy (non-hydrogen) atoms. The first kappa shape index (κ1) is 13.9. The fourth-order valence-corrected chi connectivity index (χ4v) is 3.32. The zero-order chi connectivity index (χ0) is 15.8. The number of carbonyl (C=O) groups excluding carboxylic acids is 1. The number of pyridine rings is 1. The van der Waals surface area contributed by atoms with Crippen molar-refractivity contribution in [3.63, 3.8) is 0 Å². The van der Waals surface area contributed by atoms with Gasteiger partial charge in [0.25, 0.3) is 5.91 Å². The Bertz CT molecular complexity index is 873. The first-order valence-electron chi connectivity index (χ1n) is 7.73. The molecule has 116 valence electrons. The van der Waals surface area contributed by atoms with Crippen molar-refractivity contribution in [2.75, 3.05) is 0 Å². The summed E-state index contributed by atoms with van der Waals surface area (Å²) in [5, 5.41) is 3.99. The summed E-state index contributed by atoms with van der Waals surface area (Å²) in [7, 11) is 0. The SMILES string of the molecule is O=C(N[C@@H]1CCCc2c1[nH]c1ccc(F)cc21)c1ccncc1. The number of aromatic nitrogens is 2. The molecular weight excluding hydrogens is 293 g/mol. The van der Waals surface area contributed by atoms with E-state index in [1.807, 2.05) is 0 Å². The quantitative estimate of drug-likeness (QED) is 0.761. The molecule has 1 aliphatic rings. The summed E-state index contributed by atoms with van der Waals surface area (Å²) in [5.74, 6) is -0.350.